The van der Waals surface area contributed by atoms with Crippen LogP contribution in [0.25, 0.3) is 11.3 Å². The van der Waals surface area contributed by atoms with E-state index in [1.165, 1.54) is 0 Å². The highest BCUT2D eigenvalue weighted by Gasteiger charge is 2.20. The lowest BCUT2D eigenvalue weighted by Gasteiger charge is -2.31. The van der Waals surface area contributed by atoms with Crippen LogP contribution in [0.5, 0.6) is 0 Å². The molecule has 1 aliphatic rings. The zero-order chi connectivity index (χ0) is 18.5. The number of rotatable bonds is 6. The van der Waals surface area contributed by atoms with Gasteiger partial charge < -0.3 is 4.90 Å². The minimum absolute atomic E-state index is 0.0404. The molecule has 0 saturated carbocycles. The van der Waals surface area contributed by atoms with Gasteiger partial charge >= 0.3 is 0 Å². The van der Waals surface area contributed by atoms with Crippen LogP contribution in [0, 0.1) is 5.92 Å². The van der Waals surface area contributed by atoms with Crippen molar-refractivity contribution in [3.63, 3.8) is 0 Å². The summed E-state index contributed by atoms with van der Waals surface area (Å²) >= 11 is 0. The van der Waals surface area contributed by atoms with E-state index in [4.69, 9.17) is 0 Å². The third-order valence-electron chi connectivity index (χ3n) is 5.09. The van der Waals surface area contributed by atoms with E-state index in [1.54, 1.807) is 41.9 Å². The maximum Gasteiger partial charge on any atom is 0.266 e. The Kier molecular flexibility index (Phi) is 5.34. The first-order chi connectivity index (χ1) is 13.3. The van der Waals surface area contributed by atoms with Gasteiger partial charge in [-0.2, -0.15) is 10.2 Å². The minimum Gasteiger partial charge on any atom is -0.301 e. The third-order valence-corrected chi connectivity index (χ3v) is 5.09. The van der Waals surface area contributed by atoms with E-state index >= 15 is 0 Å². The van der Waals surface area contributed by atoms with Gasteiger partial charge in [-0.15, -0.1) is 0 Å². The van der Waals surface area contributed by atoms with Crippen molar-refractivity contribution in [1.82, 2.24) is 34.4 Å². The Bertz CT molecular complexity index is 899. The number of hydrogen-bond acceptors (Lipinski definition) is 6. The quantitative estimate of drug-likeness (QED) is 0.655. The molecule has 0 unspecified atom stereocenters. The summed E-state index contributed by atoms with van der Waals surface area (Å²) in [6.45, 7) is 4.59. The molecule has 4 heterocycles. The number of likely N-dealkylation sites (tertiary alicyclic amines) is 1. The second kappa shape index (κ2) is 8.22. The molecule has 8 heteroatoms. The van der Waals surface area contributed by atoms with E-state index in [0.717, 1.165) is 50.3 Å². The van der Waals surface area contributed by atoms with Gasteiger partial charge in [0.2, 0.25) is 0 Å². The molecule has 4 rings (SSSR count). The zero-order valence-electron chi connectivity index (χ0n) is 15.2. The summed E-state index contributed by atoms with van der Waals surface area (Å²) in [6, 6.07) is 7.20. The van der Waals surface area contributed by atoms with Crippen molar-refractivity contribution in [2.75, 3.05) is 19.6 Å². The molecule has 0 atom stereocenters. The molecule has 1 saturated heterocycles. The molecule has 3 aromatic rings. The van der Waals surface area contributed by atoms with Crippen LogP contribution in [0.2, 0.25) is 0 Å². The largest absolute Gasteiger partial charge is 0.301 e. The van der Waals surface area contributed by atoms with Gasteiger partial charge in [-0.25, -0.2) is 9.67 Å². The Labute approximate surface area is 157 Å². The highest BCUT2D eigenvalue weighted by atomic mass is 16.1. The highest BCUT2D eigenvalue weighted by Crippen LogP contribution is 2.19. The van der Waals surface area contributed by atoms with Crippen molar-refractivity contribution in [2.24, 2.45) is 5.92 Å². The van der Waals surface area contributed by atoms with Gasteiger partial charge in [-0.3, -0.25) is 14.5 Å². The SMILES string of the molecule is O=c1ccc(-c2ccncc2)nn1CC1CCN(CCn2cncn2)CC1. The van der Waals surface area contributed by atoms with Gasteiger partial charge in [0.1, 0.15) is 12.7 Å². The van der Waals surface area contributed by atoms with Crippen LogP contribution >= 0.6 is 0 Å². The molecule has 0 bridgehead atoms. The lowest BCUT2D eigenvalue weighted by Crippen LogP contribution is -2.38. The van der Waals surface area contributed by atoms with Gasteiger partial charge in [0.15, 0.2) is 0 Å². The average Bonchev–Trinajstić information content (AvgIpc) is 3.23. The van der Waals surface area contributed by atoms with Gasteiger partial charge in [-0.1, -0.05) is 0 Å². The fourth-order valence-electron chi connectivity index (χ4n) is 3.49. The van der Waals surface area contributed by atoms with Crippen LogP contribution in [0.4, 0.5) is 0 Å². The van der Waals surface area contributed by atoms with Crippen LogP contribution in [-0.4, -0.2) is 54.1 Å². The molecule has 3 aromatic heterocycles. The molecule has 0 spiro atoms. The van der Waals surface area contributed by atoms with Crippen LogP contribution in [0.3, 0.4) is 0 Å². The van der Waals surface area contributed by atoms with Gasteiger partial charge in [0.25, 0.3) is 5.56 Å². The van der Waals surface area contributed by atoms with Gasteiger partial charge in [0, 0.05) is 37.1 Å². The van der Waals surface area contributed by atoms with E-state index < -0.39 is 0 Å². The molecule has 0 radical (unpaired) electrons. The Hall–Kier alpha value is -2.87. The van der Waals surface area contributed by atoms with Crippen molar-refractivity contribution < 1.29 is 0 Å². The van der Waals surface area contributed by atoms with E-state index in [-0.39, 0.29) is 5.56 Å². The molecule has 140 valence electrons. The van der Waals surface area contributed by atoms with E-state index in [9.17, 15) is 4.79 Å². The van der Waals surface area contributed by atoms with Crippen molar-refractivity contribution >= 4 is 0 Å². The first-order valence-corrected chi connectivity index (χ1v) is 9.31. The topological polar surface area (TPSA) is 81.7 Å². The number of piperidine rings is 1. The zero-order valence-corrected chi connectivity index (χ0v) is 15.2. The smallest absolute Gasteiger partial charge is 0.266 e. The summed E-state index contributed by atoms with van der Waals surface area (Å²) in [5.41, 5.74) is 1.74. The fraction of sp³-hybridized carbons (Fsp3) is 0.421. The second-order valence-electron chi connectivity index (χ2n) is 6.92. The Balaban J connectivity index is 1.34. The maximum atomic E-state index is 12.2. The molecule has 8 nitrogen and oxygen atoms in total. The third kappa shape index (κ3) is 4.46. The van der Waals surface area contributed by atoms with Gasteiger partial charge in [-0.05, 0) is 50.0 Å². The first-order valence-electron chi connectivity index (χ1n) is 9.31. The molecule has 0 aliphatic carbocycles. The van der Waals surface area contributed by atoms with Crippen LogP contribution in [0.1, 0.15) is 12.8 Å². The molecule has 0 amide bonds. The van der Waals surface area contributed by atoms with E-state index in [2.05, 4.69) is 25.1 Å². The monoisotopic (exact) mass is 365 g/mol. The molecule has 27 heavy (non-hydrogen) atoms. The Morgan fingerprint density at radius 3 is 2.56 bits per heavy atom. The predicted molar refractivity (Wildman–Crippen MR) is 101 cm³/mol. The summed E-state index contributed by atoms with van der Waals surface area (Å²) in [5, 5.41) is 8.71. The molecule has 1 aliphatic heterocycles. The van der Waals surface area contributed by atoms with Crippen molar-refractivity contribution in [3.8, 4) is 11.3 Å². The highest BCUT2D eigenvalue weighted by molar-refractivity contribution is 5.56. The lowest BCUT2D eigenvalue weighted by atomic mass is 9.97. The molecular formula is C19H23N7O. The molecule has 0 aromatic carbocycles. The maximum absolute atomic E-state index is 12.2. The fourth-order valence-corrected chi connectivity index (χ4v) is 3.49. The van der Waals surface area contributed by atoms with Crippen molar-refractivity contribution in [1.29, 1.82) is 0 Å². The minimum atomic E-state index is -0.0404. The normalized spacial score (nSPS) is 15.9. The summed E-state index contributed by atoms with van der Waals surface area (Å²) < 4.78 is 3.48. The van der Waals surface area contributed by atoms with Crippen LogP contribution in [-0.2, 0) is 13.1 Å². The number of aromatic nitrogens is 6. The summed E-state index contributed by atoms with van der Waals surface area (Å²) in [4.78, 5) is 22.7. The van der Waals surface area contributed by atoms with Crippen LogP contribution < -0.4 is 5.56 Å². The molecular weight excluding hydrogens is 342 g/mol. The van der Waals surface area contributed by atoms with Crippen molar-refractivity contribution in [2.45, 2.75) is 25.9 Å². The molecule has 0 N–H and O–H groups in total. The summed E-state index contributed by atoms with van der Waals surface area (Å²) in [7, 11) is 0. The first kappa shape index (κ1) is 17.5. The second-order valence-corrected chi connectivity index (χ2v) is 6.92. The molecule has 1 fully saturated rings. The van der Waals surface area contributed by atoms with Gasteiger partial charge in [0.05, 0.1) is 12.2 Å². The number of hydrogen-bond donors (Lipinski definition) is 0. The van der Waals surface area contributed by atoms with Crippen LogP contribution in [0.15, 0.2) is 54.1 Å². The Morgan fingerprint density at radius 2 is 1.81 bits per heavy atom. The summed E-state index contributed by atoms with van der Waals surface area (Å²) in [5.74, 6) is 0.477. The Morgan fingerprint density at radius 1 is 1.00 bits per heavy atom. The number of pyridine rings is 1. The standard InChI is InChI=1S/C19H23N7O/c27-19-2-1-18(17-3-7-20-8-4-17)23-26(19)13-16-5-9-24(10-6-16)11-12-25-15-21-14-22-25/h1-4,7-8,14-16H,5-6,9-13H2. The number of nitrogens with zero attached hydrogens (tertiary/aromatic N) is 7. The van der Waals surface area contributed by atoms with E-state index in [0.29, 0.717) is 12.5 Å². The van der Waals surface area contributed by atoms with E-state index in [1.807, 2.05) is 16.8 Å². The predicted octanol–water partition coefficient (Wildman–Crippen LogP) is 1.31. The summed E-state index contributed by atoms with van der Waals surface area (Å²) in [6.07, 6.45) is 8.94. The lowest BCUT2D eigenvalue weighted by molar-refractivity contribution is 0.163. The van der Waals surface area contributed by atoms with Crippen molar-refractivity contribution in [3.05, 3.63) is 59.7 Å². The average molecular weight is 365 g/mol.